The van der Waals surface area contributed by atoms with E-state index in [4.69, 9.17) is 21.1 Å². The second-order valence-corrected chi connectivity index (χ2v) is 10.7. The first-order chi connectivity index (χ1) is 18.1. The second-order valence-electron chi connectivity index (χ2n) is 8.29. The number of aromatic nitrogens is 3. The summed E-state index contributed by atoms with van der Waals surface area (Å²) in [5.74, 6) is -0.0872. The van der Waals surface area contributed by atoms with Gasteiger partial charge in [0.05, 0.1) is 23.3 Å². The summed E-state index contributed by atoms with van der Waals surface area (Å²) >= 11 is 8.28. The molecule has 10 nitrogen and oxygen atoms in total. The number of aryl methyl sites for hydroxylation is 1. The van der Waals surface area contributed by atoms with Gasteiger partial charge in [-0.15, -0.1) is 28.1 Å². The first-order valence-electron chi connectivity index (χ1n) is 11.3. The van der Waals surface area contributed by atoms with Crippen molar-refractivity contribution in [3.05, 3.63) is 63.3 Å². The number of benzene rings is 1. The standard InChI is InChI=1S/C25H28ClN5O5S2/c1-7-10-31-18(12-36-16-8-9-17(26)14(2)11-16)28-29-25(31)37-13-19(32)27-22-20(24(34)35-6)15(3)21(38-22)23(33)30(4)5/h7-9,11H,1,10,12-13H2,2-6H3,(H,27,32). The summed E-state index contributed by atoms with van der Waals surface area (Å²) in [5, 5.41) is 12.6. The zero-order valence-corrected chi connectivity index (χ0v) is 24.1. The number of amides is 2. The van der Waals surface area contributed by atoms with Crippen molar-refractivity contribution in [1.82, 2.24) is 19.7 Å². The van der Waals surface area contributed by atoms with Crippen molar-refractivity contribution in [2.24, 2.45) is 0 Å². The number of nitrogens with one attached hydrogen (secondary N) is 1. The number of hydrogen-bond donors (Lipinski definition) is 1. The van der Waals surface area contributed by atoms with Crippen LogP contribution in [0.3, 0.4) is 0 Å². The fourth-order valence-corrected chi connectivity index (χ4v) is 5.47. The Labute approximate surface area is 234 Å². The number of rotatable bonds is 11. The van der Waals surface area contributed by atoms with E-state index in [2.05, 4.69) is 22.1 Å². The highest BCUT2D eigenvalue weighted by atomic mass is 35.5. The van der Waals surface area contributed by atoms with Gasteiger partial charge >= 0.3 is 5.97 Å². The second kappa shape index (κ2) is 12.9. The first-order valence-corrected chi connectivity index (χ1v) is 13.5. The van der Waals surface area contributed by atoms with Crippen LogP contribution in [0.15, 0.2) is 36.0 Å². The molecule has 1 N–H and O–H groups in total. The molecule has 3 rings (SSSR count). The molecule has 0 unspecified atom stereocenters. The minimum Gasteiger partial charge on any atom is -0.486 e. The van der Waals surface area contributed by atoms with E-state index < -0.39 is 5.97 Å². The van der Waals surface area contributed by atoms with E-state index in [1.807, 2.05) is 13.0 Å². The highest BCUT2D eigenvalue weighted by Gasteiger charge is 2.27. The van der Waals surface area contributed by atoms with Crippen LogP contribution in [-0.4, -0.2) is 64.4 Å². The Morgan fingerprint density at radius 1 is 1.26 bits per heavy atom. The molecule has 0 spiro atoms. The Balaban J connectivity index is 1.72. The molecule has 0 saturated carbocycles. The monoisotopic (exact) mass is 577 g/mol. The third-order valence-electron chi connectivity index (χ3n) is 5.32. The van der Waals surface area contributed by atoms with Gasteiger partial charge in [-0.25, -0.2) is 4.79 Å². The van der Waals surface area contributed by atoms with Gasteiger partial charge in [0.1, 0.15) is 17.4 Å². The molecule has 38 heavy (non-hydrogen) atoms. The van der Waals surface area contributed by atoms with Crippen LogP contribution < -0.4 is 10.1 Å². The lowest BCUT2D eigenvalue weighted by Crippen LogP contribution is -2.21. The summed E-state index contributed by atoms with van der Waals surface area (Å²) in [6.45, 7) is 7.91. The van der Waals surface area contributed by atoms with Gasteiger partial charge in [-0.3, -0.25) is 14.2 Å². The number of methoxy groups -OCH3 is 1. The molecule has 0 saturated heterocycles. The zero-order chi connectivity index (χ0) is 28.0. The Morgan fingerprint density at radius 3 is 2.63 bits per heavy atom. The lowest BCUT2D eigenvalue weighted by Gasteiger charge is -2.10. The van der Waals surface area contributed by atoms with E-state index in [9.17, 15) is 14.4 Å². The van der Waals surface area contributed by atoms with Gasteiger partial charge in [0.15, 0.2) is 11.0 Å². The summed E-state index contributed by atoms with van der Waals surface area (Å²) in [4.78, 5) is 39.5. The van der Waals surface area contributed by atoms with Crippen molar-refractivity contribution in [3.8, 4) is 5.75 Å². The largest absolute Gasteiger partial charge is 0.486 e. The molecule has 3 aromatic rings. The number of allylic oxidation sites excluding steroid dienone is 1. The van der Waals surface area contributed by atoms with E-state index in [0.29, 0.717) is 38.7 Å². The van der Waals surface area contributed by atoms with Crippen LogP contribution >= 0.6 is 34.7 Å². The molecule has 1 aromatic carbocycles. The SMILES string of the molecule is C=CCn1c(COc2ccc(Cl)c(C)c2)nnc1SCC(=O)Nc1sc(C(=O)N(C)C)c(C)c1C(=O)OC. The maximum Gasteiger partial charge on any atom is 0.341 e. The number of hydrogen-bond acceptors (Lipinski definition) is 9. The van der Waals surface area contributed by atoms with Gasteiger partial charge in [0.2, 0.25) is 5.91 Å². The van der Waals surface area contributed by atoms with E-state index in [1.165, 1.54) is 23.8 Å². The van der Waals surface area contributed by atoms with E-state index in [0.717, 1.165) is 16.9 Å². The van der Waals surface area contributed by atoms with Crippen molar-refractivity contribution >= 4 is 57.5 Å². The molecule has 0 fully saturated rings. The number of esters is 1. The van der Waals surface area contributed by atoms with Crippen LogP contribution in [-0.2, 0) is 22.7 Å². The number of halogens is 1. The third kappa shape index (κ3) is 6.74. The number of thiophene rings is 1. The highest BCUT2D eigenvalue weighted by Crippen LogP contribution is 2.34. The average Bonchev–Trinajstić information content (AvgIpc) is 3.42. The zero-order valence-electron chi connectivity index (χ0n) is 21.7. The Hall–Kier alpha value is -3.35. The molecule has 0 radical (unpaired) electrons. The van der Waals surface area contributed by atoms with Gasteiger partial charge in [-0.1, -0.05) is 29.4 Å². The minimum absolute atomic E-state index is 0.0129. The van der Waals surface area contributed by atoms with Crippen LogP contribution in [0.5, 0.6) is 5.75 Å². The van der Waals surface area contributed by atoms with Gasteiger partial charge in [0, 0.05) is 25.7 Å². The van der Waals surface area contributed by atoms with Crippen molar-refractivity contribution < 1.29 is 23.9 Å². The van der Waals surface area contributed by atoms with Crippen molar-refractivity contribution in [2.75, 3.05) is 32.3 Å². The molecule has 2 heterocycles. The number of carbonyl (C=O) groups excluding carboxylic acids is 3. The molecule has 0 atom stereocenters. The Bertz CT molecular complexity index is 1370. The van der Waals surface area contributed by atoms with Crippen molar-refractivity contribution in [1.29, 1.82) is 0 Å². The highest BCUT2D eigenvalue weighted by molar-refractivity contribution is 7.99. The predicted molar refractivity (Wildman–Crippen MR) is 149 cm³/mol. The average molecular weight is 578 g/mol. The summed E-state index contributed by atoms with van der Waals surface area (Å²) < 4.78 is 12.5. The van der Waals surface area contributed by atoms with Gasteiger partial charge in [-0.2, -0.15) is 0 Å². The molecule has 0 aliphatic carbocycles. The number of nitrogens with zero attached hydrogens (tertiary/aromatic N) is 4. The maximum atomic E-state index is 12.8. The van der Waals surface area contributed by atoms with E-state index in [-0.39, 0.29) is 34.7 Å². The number of anilines is 1. The number of ether oxygens (including phenoxy) is 2. The number of thioether (sulfide) groups is 1. The van der Waals surface area contributed by atoms with Crippen molar-refractivity contribution in [3.63, 3.8) is 0 Å². The molecule has 0 aliphatic rings. The normalized spacial score (nSPS) is 10.7. The van der Waals surface area contributed by atoms with Gasteiger partial charge in [-0.05, 0) is 43.2 Å². The van der Waals surface area contributed by atoms with Crippen LogP contribution in [0.4, 0.5) is 5.00 Å². The summed E-state index contributed by atoms with van der Waals surface area (Å²) in [7, 11) is 4.48. The Morgan fingerprint density at radius 2 is 2.00 bits per heavy atom. The minimum atomic E-state index is -0.634. The molecular formula is C25H28ClN5O5S2. The molecule has 202 valence electrons. The fraction of sp³-hybridized carbons (Fsp3) is 0.320. The van der Waals surface area contributed by atoms with Gasteiger partial charge < -0.3 is 19.7 Å². The molecule has 2 amide bonds. The van der Waals surface area contributed by atoms with E-state index >= 15 is 0 Å². The molecule has 0 bridgehead atoms. The first kappa shape index (κ1) is 29.2. The van der Waals surface area contributed by atoms with Crippen LogP contribution in [0.25, 0.3) is 0 Å². The third-order valence-corrected chi connectivity index (χ3v) is 7.91. The van der Waals surface area contributed by atoms with Crippen LogP contribution in [0.1, 0.15) is 37.0 Å². The number of carbonyl (C=O) groups is 3. The smallest absolute Gasteiger partial charge is 0.341 e. The summed E-state index contributed by atoms with van der Waals surface area (Å²) in [6.07, 6.45) is 1.70. The van der Waals surface area contributed by atoms with E-state index in [1.54, 1.807) is 43.8 Å². The van der Waals surface area contributed by atoms with Crippen molar-refractivity contribution in [2.45, 2.75) is 32.2 Å². The molecular weight excluding hydrogens is 550 g/mol. The topological polar surface area (TPSA) is 116 Å². The van der Waals surface area contributed by atoms with Gasteiger partial charge in [0.25, 0.3) is 5.91 Å². The molecule has 2 aromatic heterocycles. The predicted octanol–water partition coefficient (Wildman–Crippen LogP) is 4.59. The maximum absolute atomic E-state index is 12.8. The molecule has 0 aliphatic heterocycles. The Kier molecular flexibility index (Phi) is 9.95. The summed E-state index contributed by atoms with van der Waals surface area (Å²) in [6, 6.07) is 5.37. The van der Waals surface area contributed by atoms with Crippen LogP contribution in [0.2, 0.25) is 5.02 Å². The lowest BCUT2D eigenvalue weighted by atomic mass is 10.1. The lowest BCUT2D eigenvalue weighted by molar-refractivity contribution is -0.113. The molecule has 13 heteroatoms. The van der Waals surface area contributed by atoms with Crippen LogP contribution in [0, 0.1) is 13.8 Å². The quantitative estimate of drug-likeness (QED) is 0.200. The summed E-state index contributed by atoms with van der Waals surface area (Å²) in [5.41, 5.74) is 1.51. The fourth-order valence-electron chi connectivity index (χ4n) is 3.35.